The van der Waals surface area contributed by atoms with Crippen molar-refractivity contribution in [3.05, 3.63) is 0 Å². The molecule has 1 unspecified atom stereocenters. The third-order valence-electron chi connectivity index (χ3n) is 1.11. The lowest BCUT2D eigenvalue weighted by Crippen LogP contribution is -2.17. The Bertz CT molecular complexity index is 260. The molecule has 70 valence electrons. The van der Waals surface area contributed by atoms with Gasteiger partial charge in [0.25, 0.3) is 0 Å². The SMILES string of the molecule is C#CC(CC(C)C)OS(=O)(=O)O. The van der Waals surface area contributed by atoms with Crippen LogP contribution in [0, 0.1) is 18.3 Å². The molecule has 1 N–H and O–H groups in total. The summed E-state index contributed by atoms with van der Waals surface area (Å²) in [5, 5.41) is 0. The van der Waals surface area contributed by atoms with Gasteiger partial charge in [-0.05, 0) is 12.3 Å². The highest BCUT2D eigenvalue weighted by Crippen LogP contribution is 2.09. The van der Waals surface area contributed by atoms with Crippen LogP contribution in [0.5, 0.6) is 0 Å². The predicted molar refractivity (Wildman–Crippen MR) is 44.7 cm³/mol. The number of hydrogen-bond donors (Lipinski definition) is 1. The van der Waals surface area contributed by atoms with Crippen molar-refractivity contribution in [3.63, 3.8) is 0 Å². The number of rotatable bonds is 4. The van der Waals surface area contributed by atoms with E-state index in [-0.39, 0.29) is 5.92 Å². The van der Waals surface area contributed by atoms with Crippen molar-refractivity contribution in [2.75, 3.05) is 0 Å². The van der Waals surface area contributed by atoms with Crippen molar-refractivity contribution < 1.29 is 17.2 Å². The largest absolute Gasteiger partial charge is 0.398 e. The number of terminal acetylenes is 1. The maximum atomic E-state index is 10.2. The van der Waals surface area contributed by atoms with E-state index in [9.17, 15) is 8.42 Å². The van der Waals surface area contributed by atoms with Gasteiger partial charge in [-0.25, -0.2) is 4.18 Å². The summed E-state index contributed by atoms with van der Waals surface area (Å²) in [6.07, 6.45) is 4.50. The lowest BCUT2D eigenvalue weighted by atomic mass is 10.1. The lowest BCUT2D eigenvalue weighted by molar-refractivity contribution is 0.204. The molecule has 1 atom stereocenters. The zero-order valence-electron chi connectivity index (χ0n) is 7.02. The Morgan fingerprint density at radius 3 is 2.33 bits per heavy atom. The van der Waals surface area contributed by atoms with E-state index >= 15 is 0 Å². The average molecular weight is 192 g/mol. The molecule has 5 heteroatoms. The molecule has 0 aromatic heterocycles. The summed E-state index contributed by atoms with van der Waals surface area (Å²) >= 11 is 0. The molecule has 12 heavy (non-hydrogen) atoms. The first-order valence-corrected chi connectivity index (χ1v) is 4.83. The first kappa shape index (κ1) is 11.4. The molecular formula is C7H12O4S. The second-order valence-electron chi connectivity index (χ2n) is 2.81. The predicted octanol–water partition coefficient (Wildman–Crippen LogP) is 0.854. The molecule has 0 aliphatic rings. The van der Waals surface area contributed by atoms with E-state index in [1.54, 1.807) is 0 Å². The van der Waals surface area contributed by atoms with Gasteiger partial charge in [-0.1, -0.05) is 19.8 Å². The molecule has 4 nitrogen and oxygen atoms in total. The minimum absolute atomic E-state index is 0.216. The van der Waals surface area contributed by atoms with Gasteiger partial charge in [0.15, 0.2) is 0 Å². The van der Waals surface area contributed by atoms with Crippen LogP contribution in [-0.2, 0) is 14.6 Å². The van der Waals surface area contributed by atoms with Crippen molar-refractivity contribution >= 4 is 10.4 Å². The Balaban J connectivity index is 4.13. The van der Waals surface area contributed by atoms with Gasteiger partial charge in [0.05, 0.1) is 0 Å². The second-order valence-corrected chi connectivity index (χ2v) is 3.86. The van der Waals surface area contributed by atoms with Crippen LogP contribution < -0.4 is 0 Å². The van der Waals surface area contributed by atoms with Crippen LogP contribution >= 0.6 is 0 Å². The third-order valence-corrected chi connectivity index (χ3v) is 1.58. The zero-order valence-corrected chi connectivity index (χ0v) is 7.84. The van der Waals surface area contributed by atoms with Gasteiger partial charge in [0.2, 0.25) is 0 Å². The smallest absolute Gasteiger partial charge is 0.263 e. The summed E-state index contributed by atoms with van der Waals surface area (Å²) in [6, 6.07) is 0. The summed E-state index contributed by atoms with van der Waals surface area (Å²) in [5.41, 5.74) is 0. The minimum atomic E-state index is -4.42. The molecule has 0 rings (SSSR count). The Morgan fingerprint density at radius 1 is 1.58 bits per heavy atom. The fraction of sp³-hybridized carbons (Fsp3) is 0.714. The van der Waals surface area contributed by atoms with E-state index < -0.39 is 16.5 Å². The highest BCUT2D eigenvalue weighted by molar-refractivity contribution is 7.80. The molecule has 0 bridgehead atoms. The summed E-state index contributed by atoms with van der Waals surface area (Å²) in [4.78, 5) is 0. The highest BCUT2D eigenvalue weighted by Gasteiger charge is 2.15. The molecule has 0 amide bonds. The van der Waals surface area contributed by atoms with Gasteiger partial charge >= 0.3 is 10.4 Å². The number of hydrogen-bond acceptors (Lipinski definition) is 3. The summed E-state index contributed by atoms with van der Waals surface area (Å²) in [7, 11) is -4.42. The van der Waals surface area contributed by atoms with E-state index in [0.29, 0.717) is 6.42 Å². The van der Waals surface area contributed by atoms with Crippen molar-refractivity contribution in [2.45, 2.75) is 26.4 Å². The maximum absolute atomic E-state index is 10.2. The van der Waals surface area contributed by atoms with Gasteiger partial charge < -0.3 is 0 Å². The van der Waals surface area contributed by atoms with Crippen molar-refractivity contribution in [3.8, 4) is 12.3 Å². The molecule has 0 heterocycles. The summed E-state index contributed by atoms with van der Waals surface area (Å²) in [6.45, 7) is 3.75. The van der Waals surface area contributed by atoms with E-state index in [0.717, 1.165) is 0 Å². The van der Waals surface area contributed by atoms with Crippen molar-refractivity contribution in [1.82, 2.24) is 0 Å². The Morgan fingerprint density at radius 2 is 2.08 bits per heavy atom. The first-order chi connectivity index (χ1) is 5.35. The second kappa shape index (κ2) is 4.45. The monoisotopic (exact) mass is 192 g/mol. The lowest BCUT2D eigenvalue weighted by Gasteiger charge is -2.10. The third kappa shape index (κ3) is 6.16. The van der Waals surface area contributed by atoms with E-state index in [1.807, 2.05) is 13.8 Å². The summed E-state index contributed by atoms with van der Waals surface area (Å²) in [5.74, 6) is 2.34. The molecule has 0 aliphatic heterocycles. The fourth-order valence-electron chi connectivity index (χ4n) is 0.710. The molecular weight excluding hydrogens is 180 g/mol. The average Bonchev–Trinajstić information content (AvgIpc) is 1.82. The van der Waals surface area contributed by atoms with Gasteiger partial charge in [0, 0.05) is 0 Å². The molecule has 0 fully saturated rings. The van der Waals surface area contributed by atoms with Gasteiger partial charge in [-0.2, -0.15) is 8.42 Å². The fourth-order valence-corrected chi connectivity index (χ4v) is 1.14. The molecule has 0 aromatic rings. The standard InChI is InChI=1S/C7H12O4S/c1-4-7(5-6(2)3)11-12(8,9)10/h1,6-7H,5H2,2-3H3,(H,8,9,10). The zero-order chi connectivity index (χ0) is 9.78. The minimum Gasteiger partial charge on any atom is -0.263 e. The van der Waals surface area contributed by atoms with Gasteiger partial charge in [0.1, 0.15) is 6.10 Å². The molecule has 0 saturated carbocycles. The topological polar surface area (TPSA) is 63.6 Å². The molecule has 0 aromatic carbocycles. The van der Waals surface area contributed by atoms with Gasteiger partial charge in [-0.3, -0.25) is 4.55 Å². The molecule has 0 aliphatic carbocycles. The van der Waals surface area contributed by atoms with Crippen LogP contribution in [0.25, 0.3) is 0 Å². The van der Waals surface area contributed by atoms with Crippen LogP contribution in [0.4, 0.5) is 0 Å². The Kier molecular flexibility index (Phi) is 4.24. The van der Waals surface area contributed by atoms with Crippen LogP contribution in [-0.4, -0.2) is 19.1 Å². The molecule has 0 radical (unpaired) electrons. The Hall–Kier alpha value is -0.570. The van der Waals surface area contributed by atoms with Crippen molar-refractivity contribution in [2.24, 2.45) is 5.92 Å². The van der Waals surface area contributed by atoms with E-state index in [1.165, 1.54) is 0 Å². The molecule has 0 spiro atoms. The van der Waals surface area contributed by atoms with Crippen LogP contribution in [0.15, 0.2) is 0 Å². The first-order valence-electron chi connectivity index (χ1n) is 3.47. The maximum Gasteiger partial charge on any atom is 0.398 e. The summed E-state index contributed by atoms with van der Waals surface area (Å²) < 4.78 is 32.9. The normalized spacial score (nSPS) is 14.2. The van der Waals surface area contributed by atoms with Crippen molar-refractivity contribution in [1.29, 1.82) is 0 Å². The van der Waals surface area contributed by atoms with Gasteiger partial charge in [-0.15, -0.1) is 6.42 Å². The van der Waals surface area contributed by atoms with Crippen LogP contribution in [0.1, 0.15) is 20.3 Å². The van der Waals surface area contributed by atoms with E-state index in [2.05, 4.69) is 10.1 Å². The molecule has 0 saturated heterocycles. The Labute approximate surface area is 72.9 Å². The van der Waals surface area contributed by atoms with Crippen LogP contribution in [0.3, 0.4) is 0 Å². The van der Waals surface area contributed by atoms with Crippen LogP contribution in [0.2, 0.25) is 0 Å². The van der Waals surface area contributed by atoms with E-state index in [4.69, 9.17) is 11.0 Å². The quantitative estimate of drug-likeness (QED) is 0.530. The highest BCUT2D eigenvalue weighted by atomic mass is 32.3.